The number of anilines is 2. The first kappa shape index (κ1) is 30.2. The number of benzene rings is 1. The molecule has 4 N–H and O–H groups in total. The summed E-state index contributed by atoms with van der Waals surface area (Å²) in [4.78, 5) is 34.0. The maximum absolute atomic E-state index is 14.0. The summed E-state index contributed by atoms with van der Waals surface area (Å²) >= 11 is 6.96. The Kier molecular flexibility index (Phi) is 8.19. The van der Waals surface area contributed by atoms with Crippen LogP contribution in [0.5, 0.6) is 0 Å². The van der Waals surface area contributed by atoms with Gasteiger partial charge in [0.25, 0.3) is 5.91 Å². The van der Waals surface area contributed by atoms with Crippen molar-refractivity contribution in [3.05, 3.63) is 51.0 Å². The second kappa shape index (κ2) is 11.4. The Hall–Kier alpha value is -3.31. The number of aromatic nitrogens is 2. The van der Waals surface area contributed by atoms with E-state index in [2.05, 4.69) is 20.2 Å². The molecule has 42 heavy (non-hydrogen) atoms. The lowest BCUT2D eigenvalue weighted by Gasteiger charge is -2.29. The molecule has 5 rings (SSSR count). The van der Waals surface area contributed by atoms with Crippen LogP contribution in [0.4, 0.5) is 24.8 Å². The summed E-state index contributed by atoms with van der Waals surface area (Å²) in [5, 5.41) is 12.3. The van der Waals surface area contributed by atoms with Crippen LogP contribution < -0.4 is 11.1 Å². The largest absolute Gasteiger partial charge is 0.480 e. The highest BCUT2D eigenvalue weighted by molar-refractivity contribution is 7.91. The number of rotatable bonds is 7. The van der Waals surface area contributed by atoms with Gasteiger partial charge in [0.2, 0.25) is 5.95 Å². The van der Waals surface area contributed by atoms with Crippen molar-refractivity contribution in [1.29, 1.82) is 0 Å². The van der Waals surface area contributed by atoms with E-state index in [0.717, 1.165) is 35.1 Å². The van der Waals surface area contributed by atoms with Crippen LogP contribution in [0.1, 0.15) is 26.4 Å². The zero-order valence-electron chi connectivity index (χ0n) is 21.7. The molecule has 0 spiro atoms. The summed E-state index contributed by atoms with van der Waals surface area (Å²) in [5.74, 6) is -3.09. The van der Waals surface area contributed by atoms with Crippen LogP contribution in [-0.4, -0.2) is 83.6 Å². The summed E-state index contributed by atoms with van der Waals surface area (Å²) in [7, 11) is -4.11. The summed E-state index contributed by atoms with van der Waals surface area (Å²) in [5.41, 5.74) is 6.15. The molecular weight excluding hydrogens is 621 g/mol. The molecule has 1 aromatic carbocycles. The van der Waals surface area contributed by atoms with Gasteiger partial charge in [-0.2, -0.15) is 13.2 Å². The molecule has 3 aromatic rings. The number of alkyl halides is 3. The van der Waals surface area contributed by atoms with E-state index in [-0.39, 0.29) is 22.2 Å². The molecule has 2 aliphatic rings. The average Bonchev–Trinajstić information content (AvgIpc) is 3.34. The van der Waals surface area contributed by atoms with Crippen molar-refractivity contribution in [2.45, 2.75) is 24.0 Å². The molecule has 1 amide bonds. The second-order valence-electron chi connectivity index (χ2n) is 9.74. The predicted octanol–water partition coefficient (Wildman–Crippen LogP) is 3.25. The Morgan fingerprint density at radius 2 is 1.98 bits per heavy atom. The summed E-state index contributed by atoms with van der Waals surface area (Å²) < 4.78 is 67.9. The molecule has 4 heterocycles. The molecule has 2 aliphatic heterocycles. The highest BCUT2D eigenvalue weighted by atomic mass is 35.5. The minimum atomic E-state index is -4.91. The summed E-state index contributed by atoms with van der Waals surface area (Å²) in [6.07, 6.45) is -3.59. The van der Waals surface area contributed by atoms with Gasteiger partial charge in [0.1, 0.15) is 17.0 Å². The monoisotopic (exact) mass is 644 g/mol. The lowest BCUT2D eigenvalue weighted by atomic mass is 9.99. The van der Waals surface area contributed by atoms with Crippen LogP contribution in [0, 0.1) is 0 Å². The standard InChI is InChI=1S/C25H24ClF3N6O5S2/c26-16-7-13-1-3-34(4-2-30)11-14(13)8-17(16)32-24-31-10-15(25(27,28)29)21(33-24)18-9-19-22(41-18)23(38)35(12-20(36)37)5-6-42(19,39)40/h7-10H,1-6,11-12,30H2,(H,36,37)(H,31,32,33). The van der Waals surface area contributed by atoms with Gasteiger partial charge in [0.05, 0.1) is 31.9 Å². The van der Waals surface area contributed by atoms with Gasteiger partial charge >= 0.3 is 12.1 Å². The molecule has 17 heteroatoms. The highest BCUT2D eigenvalue weighted by Crippen LogP contribution is 2.42. The van der Waals surface area contributed by atoms with Crippen molar-refractivity contribution in [2.24, 2.45) is 5.73 Å². The van der Waals surface area contributed by atoms with E-state index in [9.17, 15) is 31.2 Å². The first-order chi connectivity index (χ1) is 19.8. The molecule has 0 aliphatic carbocycles. The number of carboxylic acid groups (broad SMARTS) is 1. The van der Waals surface area contributed by atoms with Gasteiger partial charge in [-0.25, -0.2) is 18.4 Å². The fourth-order valence-corrected chi connectivity index (χ4v) is 8.02. The zero-order valence-corrected chi connectivity index (χ0v) is 24.1. The number of hydrogen-bond donors (Lipinski definition) is 3. The van der Waals surface area contributed by atoms with Gasteiger partial charge in [-0.1, -0.05) is 11.6 Å². The Bertz CT molecular complexity index is 1680. The SMILES string of the molecule is NCCN1CCc2cc(Cl)c(Nc3ncc(C(F)(F)F)c(-c4cc5c(s4)C(=O)N(CC(=O)O)CCS5(=O)=O)n3)cc2C1. The lowest BCUT2D eigenvalue weighted by Crippen LogP contribution is -2.36. The maximum Gasteiger partial charge on any atom is 0.420 e. The molecule has 0 atom stereocenters. The van der Waals surface area contributed by atoms with E-state index in [1.807, 2.05) is 0 Å². The van der Waals surface area contributed by atoms with Gasteiger partial charge in [0.15, 0.2) is 9.84 Å². The lowest BCUT2D eigenvalue weighted by molar-refractivity contribution is -0.138. The predicted molar refractivity (Wildman–Crippen MR) is 149 cm³/mol. The number of thiophene rings is 1. The van der Waals surface area contributed by atoms with Crippen LogP contribution in [0.3, 0.4) is 0 Å². The minimum Gasteiger partial charge on any atom is -0.480 e. The quantitative estimate of drug-likeness (QED) is 0.349. The zero-order chi connectivity index (χ0) is 30.4. The van der Waals surface area contributed by atoms with Crippen molar-refractivity contribution in [2.75, 3.05) is 43.8 Å². The summed E-state index contributed by atoms with van der Waals surface area (Å²) in [6, 6.07) is 4.52. The van der Waals surface area contributed by atoms with E-state index >= 15 is 0 Å². The number of nitrogens with one attached hydrogen (secondary N) is 1. The number of amides is 1. The van der Waals surface area contributed by atoms with E-state index in [1.54, 1.807) is 12.1 Å². The highest BCUT2D eigenvalue weighted by Gasteiger charge is 2.39. The first-order valence-electron chi connectivity index (χ1n) is 12.6. The molecule has 0 saturated heterocycles. The van der Waals surface area contributed by atoms with Crippen LogP contribution in [-0.2, 0) is 33.8 Å². The molecular formula is C25H24ClF3N6O5S2. The van der Waals surface area contributed by atoms with Gasteiger partial charge in [-0.3, -0.25) is 14.5 Å². The number of halogens is 4. The van der Waals surface area contributed by atoms with Gasteiger partial charge < -0.3 is 21.1 Å². The van der Waals surface area contributed by atoms with E-state index in [0.29, 0.717) is 47.9 Å². The Labute approximate surface area is 247 Å². The normalized spacial score (nSPS) is 17.0. The topological polar surface area (TPSA) is 159 Å². The molecule has 11 nitrogen and oxygen atoms in total. The van der Waals surface area contributed by atoms with Crippen LogP contribution in [0.25, 0.3) is 10.6 Å². The molecule has 0 saturated carbocycles. The smallest absolute Gasteiger partial charge is 0.420 e. The number of carboxylic acids is 1. The molecule has 0 unspecified atom stereocenters. The second-order valence-corrected chi connectivity index (χ2v) is 13.3. The van der Waals surface area contributed by atoms with Crippen LogP contribution in [0.2, 0.25) is 5.02 Å². The number of aliphatic carboxylic acids is 1. The molecule has 0 bridgehead atoms. The third-order valence-corrected chi connectivity index (χ3v) is 10.2. The Morgan fingerprint density at radius 1 is 1.21 bits per heavy atom. The van der Waals surface area contributed by atoms with E-state index < -0.39 is 56.3 Å². The first-order valence-corrected chi connectivity index (χ1v) is 15.4. The molecule has 2 aromatic heterocycles. The third kappa shape index (κ3) is 6.08. The van der Waals surface area contributed by atoms with Crippen LogP contribution >= 0.6 is 22.9 Å². The van der Waals surface area contributed by atoms with E-state index in [4.69, 9.17) is 22.4 Å². The number of hydrogen-bond acceptors (Lipinski definition) is 10. The number of sulfone groups is 1. The number of nitrogens with two attached hydrogens (primary N) is 1. The van der Waals surface area contributed by atoms with Crippen LogP contribution in [0.15, 0.2) is 29.3 Å². The van der Waals surface area contributed by atoms with Crippen molar-refractivity contribution in [1.82, 2.24) is 19.8 Å². The number of nitrogens with zero attached hydrogens (tertiary/aromatic N) is 4. The molecule has 0 fully saturated rings. The van der Waals surface area contributed by atoms with Crippen molar-refractivity contribution < 1.29 is 36.3 Å². The van der Waals surface area contributed by atoms with Crippen molar-refractivity contribution in [3.8, 4) is 10.6 Å². The number of fused-ring (bicyclic) bond motifs is 2. The number of carbonyl (C=O) groups is 2. The minimum absolute atomic E-state index is 0.236. The summed E-state index contributed by atoms with van der Waals surface area (Å²) in [6.45, 7) is 1.49. The Morgan fingerprint density at radius 3 is 2.67 bits per heavy atom. The third-order valence-electron chi connectivity index (χ3n) is 6.87. The fraction of sp³-hybridized carbons (Fsp3) is 0.360. The van der Waals surface area contributed by atoms with E-state index in [1.165, 1.54) is 0 Å². The Balaban J connectivity index is 1.55. The number of carbonyl (C=O) groups excluding carboxylic acids is 1. The molecule has 224 valence electrons. The van der Waals surface area contributed by atoms with Crippen molar-refractivity contribution >= 4 is 56.3 Å². The van der Waals surface area contributed by atoms with Crippen molar-refractivity contribution in [3.63, 3.8) is 0 Å². The maximum atomic E-state index is 14.0. The average molecular weight is 645 g/mol. The van der Waals surface area contributed by atoms with Gasteiger partial charge in [-0.05, 0) is 35.7 Å². The fourth-order valence-electron chi connectivity index (χ4n) is 4.84. The van der Waals surface area contributed by atoms with Gasteiger partial charge in [-0.15, -0.1) is 11.3 Å². The van der Waals surface area contributed by atoms with Gasteiger partial charge in [0, 0.05) is 38.9 Å². The molecule has 0 radical (unpaired) electrons.